The van der Waals surface area contributed by atoms with Crippen molar-refractivity contribution in [1.82, 2.24) is 0 Å². The van der Waals surface area contributed by atoms with Gasteiger partial charge >= 0.3 is 0 Å². The predicted molar refractivity (Wildman–Crippen MR) is 106 cm³/mol. The molecule has 0 aliphatic rings. The molecule has 0 unspecified atom stereocenters. The van der Waals surface area contributed by atoms with Crippen LogP contribution in [0.2, 0.25) is 0 Å². The molecule has 4 aromatic carbocycles. The lowest BCUT2D eigenvalue weighted by Gasteiger charge is -2.09. The van der Waals surface area contributed by atoms with Gasteiger partial charge in [0.05, 0.1) is 6.61 Å². The maximum absolute atomic E-state index is 5.94. The van der Waals surface area contributed by atoms with E-state index < -0.39 is 0 Å². The molecule has 0 radical (unpaired) electrons. The third-order valence-corrected chi connectivity index (χ3v) is 5.83. The van der Waals surface area contributed by atoms with E-state index in [1.54, 1.807) is 0 Å². The van der Waals surface area contributed by atoms with Crippen LogP contribution in [0.4, 0.5) is 0 Å². The van der Waals surface area contributed by atoms with Crippen LogP contribution in [0.25, 0.3) is 41.7 Å². The Bertz CT molecular complexity index is 1220. The van der Waals surface area contributed by atoms with E-state index in [2.05, 4.69) is 66.7 Å². The molecule has 24 heavy (non-hydrogen) atoms. The number of fused-ring (bicyclic) bond motifs is 7. The zero-order valence-electron chi connectivity index (χ0n) is 13.4. The second kappa shape index (κ2) is 5.22. The van der Waals surface area contributed by atoms with Crippen LogP contribution in [0.5, 0.6) is 5.75 Å². The van der Waals surface area contributed by atoms with E-state index >= 15 is 0 Å². The van der Waals surface area contributed by atoms with Crippen LogP contribution in [0, 0.1) is 0 Å². The molecule has 1 aromatic heterocycles. The van der Waals surface area contributed by atoms with Gasteiger partial charge in [0.25, 0.3) is 0 Å². The van der Waals surface area contributed by atoms with E-state index in [4.69, 9.17) is 4.74 Å². The topological polar surface area (TPSA) is 9.23 Å². The average Bonchev–Trinajstić information content (AvgIpc) is 3.01. The van der Waals surface area contributed by atoms with Gasteiger partial charge in [0, 0.05) is 25.6 Å². The summed E-state index contributed by atoms with van der Waals surface area (Å²) in [5, 5.41) is 7.75. The van der Waals surface area contributed by atoms with Crippen LogP contribution < -0.4 is 4.74 Å². The Balaban J connectivity index is 2.03. The minimum Gasteiger partial charge on any atom is -0.493 e. The van der Waals surface area contributed by atoms with Gasteiger partial charge in [-0.3, -0.25) is 0 Å². The van der Waals surface area contributed by atoms with Gasteiger partial charge in [-0.1, -0.05) is 54.6 Å². The van der Waals surface area contributed by atoms with Crippen molar-refractivity contribution < 1.29 is 4.74 Å². The summed E-state index contributed by atoms with van der Waals surface area (Å²) in [7, 11) is 0. The largest absolute Gasteiger partial charge is 0.493 e. The lowest BCUT2D eigenvalue weighted by molar-refractivity contribution is 0.344. The Morgan fingerprint density at radius 2 is 1.58 bits per heavy atom. The number of rotatable bonds is 2. The first-order chi connectivity index (χ1) is 11.9. The third kappa shape index (κ3) is 1.87. The highest BCUT2D eigenvalue weighted by Crippen LogP contribution is 2.44. The lowest BCUT2D eigenvalue weighted by atomic mass is 10.0. The first kappa shape index (κ1) is 13.8. The number of ether oxygens (including phenoxy) is 1. The van der Waals surface area contributed by atoms with Crippen LogP contribution >= 0.6 is 11.3 Å². The Hall–Kier alpha value is -2.58. The smallest absolute Gasteiger partial charge is 0.127 e. The van der Waals surface area contributed by atoms with E-state index in [9.17, 15) is 0 Å². The van der Waals surface area contributed by atoms with Gasteiger partial charge in [-0.2, -0.15) is 0 Å². The molecule has 116 valence electrons. The molecule has 0 spiro atoms. The summed E-state index contributed by atoms with van der Waals surface area (Å²) in [6.45, 7) is 2.72. The molecule has 0 atom stereocenters. The van der Waals surface area contributed by atoms with E-state index in [-0.39, 0.29) is 0 Å². The van der Waals surface area contributed by atoms with E-state index in [0.717, 1.165) is 5.75 Å². The van der Waals surface area contributed by atoms with Gasteiger partial charge in [0.15, 0.2) is 0 Å². The molecular weight excluding hydrogens is 312 g/mol. The van der Waals surface area contributed by atoms with Crippen LogP contribution in [-0.4, -0.2) is 6.61 Å². The van der Waals surface area contributed by atoms with Gasteiger partial charge in [-0.15, -0.1) is 11.3 Å². The predicted octanol–water partition coefficient (Wildman–Crippen LogP) is 6.76. The lowest BCUT2D eigenvalue weighted by Crippen LogP contribution is -1.92. The molecule has 5 rings (SSSR count). The molecule has 0 N–H and O–H groups in total. The Morgan fingerprint density at radius 1 is 0.750 bits per heavy atom. The van der Waals surface area contributed by atoms with Gasteiger partial charge in [0.2, 0.25) is 0 Å². The summed E-state index contributed by atoms with van der Waals surface area (Å²) in [5.41, 5.74) is 0. The van der Waals surface area contributed by atoms with Crippen molar-refractivity contribution in [2.45, 2.75) is 6.92 Å². The number of hydrogen-bond acceptors (Lipinski definition) is 2. The molecule has 5 aromatic rings. The van der Waals surface area contributed by atoms with Crippen molar-refractivity contribution in [1.29, 1.82) is 0 Å². The highest BCUT2D eigenvalue weighted by molar-refractivity contribution is 7.26. The molecule has 2 heteroatoms. The molecule has 0 amide bonds. The van der Waals surface area contributed by atoms with E-state index in [1.165, 1.54) is 41.7 Å². The Morgan fingerprint density at radius 3 is 2.50 bits per heavy atom. The fourth-order valence-electron chi connectivity index (χ4n) is 3.61. The second-order valence-electron chi connectivity index (χ2n) is 5.99. The highest BCUT2D eigenvalue weighted by atomic mass is 32.1. The van der Waals surface area contributed by atoms with Crippen molar-refractivity contribution in [3.63, 3.8) is 0 Å². The van der Waals surface area contributed by atoms with Gasteiger partial charge in [-0.05, 0) is 35.2 Å². The first-order valence-corrected chi connectivity index (χ1v) is 9.07. The van der Waals surface area contributed by atoms with Crippen molar-refractivity contribution in [3.05, 3.63) is 66.7 Å². The average molecular weight is 328 g/mol. The minimum absolute atomic E-state index is 0.681. The van der Waals surface area contributed by atoms with Crippen LogP contribution in [0.3, 0.4) is 0 Å². The molecular formula is C22H16OS. The third-order valence-electron chi connectivity index (χ3n) is 4.63. The van der Waals surface area contributed by atoms with Crippen molar-refractivity contribution in [2.24, 2.45) is 0 Å². The van der Waals surface area contributed by atoms with E-state index in [0.29, 0.717) is 6.61 Å². The van der Waals surface area contributed by atoms with Crippen LogP contribution in [0.1, 0.15) is 6.92 Å². The van der Waals surface area contributed by atoms with Crippen LogP contribution in [0.15, 0.2) is 66.7 Å². The quantitative estimate of drug-likeness (QED) is 0.348. The minimum atomic E-state index is 0.681. The molecule has 1 heterocycles. The summed E-state index contributed by atoms with van der Waals surface area (Å²) in [4.78, 5) is 0. The molecule has 0 saturated carbocycles. The van der Waals surface area contributed by atoms with Crippen molar-refractivity contribution in [3.8, 4) is 5.75 Å². The standard InChI is InChI=1S/C22H16OS/c1-2-23-18-9-5-7-15-11-13-19-21(20(15)18)17-12-10-14-6-3-4-8-16(14)22(17)24-19/h3-13H,2H2,1H3. The first-order valence-electron chi connectivity index (χ1n) is 8.25. The molecule has 0 aliphatic carbocycles. The fourth-order valence-corrected chi connectivity index (χ4v) is 4.86. The zero-order chi connectivity index (χ0) is 16.1. The zero-order valence-corrected chi connectivity index (χ0v) is 14.2. The monoisotopic (exact) mass is 328 g/mol. The number of benzene rings is 4. The summed E-state index contributed by atoms with van der Waals surface area (Å²) in [5.74, 6) is 0.980. The number of hydrogen-bond donors (Lipinski definition) is 0. The molecule has 0 aliphatic heterocycles. The molecule has 0 fully saturated rings. The Labute approximate surface area is 144 Å². The molecule has 0 bridgehead atoms. The number of thiophene rings is 1. The van der Waals surface area contributed by atoms with Gasteiger partial charge in [0.1, 0.15) is 5.75 Å². The molecule has 0 saturated heterocycles. The Kier molecular flexibility index (Phi) is 3.00. The summed E-state index contributed by atoms with van der Waals surface area (Å²) >= 11 is 1.88. The van der Waals surface area contributed by atoms with Crippen molar-refractivity contribution in [2.75, 3.05) is 6.61 Å². The molecule has 1 nitrogen and oxygen atoms in total. The highest BCUT2D eigenvalue weighted by Gasteiger charge is 2.13. The maximum atomic E-state index is 5.94. The van der Waals surface area contributed by atoms with Gasteiger partial charge < -0.3 is 4.74 Å². The van der Waals surface area contributed by atoms with Crippen LogP contribution in [-0.2, 0) is 0 Å². The van der Waals surface area contributed by atoms with E-state index in [1.807, 2.05) is 18.3 Å². The fraction of sp³-hybridized carbons (Fsp3) is 0.0909. The maximum Gasteiger partial charge on any atom is 0.127 e. The SMILES string of the molecule is CCOc1cccc2ccc3sc4c5ccccc5ccc4c3c12. The van der Waals surface area contributed by atoms with Crippen molar-refractivity contribution >= 4 is 53.1 Å². The normalized spacial score (nSPS) is 11.7. The summed E-state index contributed by atoms with van der Waals surface area (Å²) in [6, 6.07) is 23.9. The summed E-state index contributed by atoms with van der Waals surface area (Å²) in [6.07, 6.45) is 0. The van der Waals surface area contributed by atoms with Gasteiger partial charge in [-0.25, -0.2) is 0 Å². The second-order valence-corrected chi connectivity index (χ2v) is 7.04. The summed E-state index contributed by atoms with van der Waals surface area (Å²) < 4.78 is 8.62.